The third kappa shape index (κ3) is 3.43. The molecule has 0 aliphatic carbocycles. The maximum Gasteiger partial charge on any atom is 0.230 e. The number of hydrogen-bond acceptors (Lipinski definition) is 2. The molecule has 0 aliphatic rings. The van der Waals surface area contributed by atoms with Crippen LogP contribution in [0.1, 0.15) is 16.8 Å². The number of carbonyl (C=O) groups excluding carboxylic acids is 1. The lowest BCUT2D eigenvalue weighted by Gasteiger charge is -2.07. The van der Waals surface area contributed by atoms with Gasteiger partial charge < -0.3 is 5.32 Å². The lowest BCUT2D eigenvalue weighted by molar-refractivity contribution is -0.115. The molecular weight excluding hydrogens is 236 g/mol. The maximum absolute atomic E-state index is 11.9. The summed E-state index contributed by atoms with van der Waals surface area (Å²) in [6.07, 6.45) is 7.27. The minimum absolute atomic E-state index is 0.101. The van der Waals surface area contributed by atoms with Crippen LogP contribution in [-0.2, 0) is 11.2 Å². The first-order valence-electron chi connectivity index (χ1n) is 5.96. The predicted molar refractivity (Wildman–Crippen MR) is 75.7 cm³/mol. The average molecular weight is 250 g/mol. The summed E-state index contributed by atoms with van der Waals surface area (Å²) in [5.41, 5.74) is 3.24. The van der Waals surface area contributed by atoms with Crippen LogP contribution >= 0.6 is 0 Å². The lowest BCUT2D eigenvalue weighted by atomic mass is 10.1. The van der Waals surface area contributed by atoms with Crippen LogP contribution in [0.15, 0.2) is 42.6 Å². The molecule has 0 radical (unpaired) electrons. The van der Waals surface area contributed by atoms with E-state index in [4.69, 9.17) is 6.42 Å². The summed E-state index contributed by atoms with van der Waals surface area (Å²) in [5, 5.41) is 2.82. The van der Waals surface area contributed by atoms with E-state index in [2.05, 4.69) is 16.2 Å². The van der Waals surface area contributed by atoms with Crippen LogP contribution in [0, 0.1) is 19.3 Å². The van der Waals surface area contributed by atoms with Gasteiger partial charge in [0.2, 0.25) is 5.91 Å². The van der Waals surface area contributed by atoms with Gasteiger partial charge in [-0.2, -0.15) is 0 Å². The number of carbonyl (C=O) groups is 1. The molecule has 0 bridgehead atoms. The fourth-order valence-corrected chi connectivity index (χ4v) is 1.75. The van der Waals surface area contributed by atoms with Gasteiger partial charge in [0.1, 0.15) is 0 Å². The van der Waals surface area contributed by atoms with Gasteiger partial charge in [-0.05, 0) is 36.8 Å². The standard InChI is InChI=1S/C16H14N2O/c1-3-13-7-4-8-14(10-13)18-16(19)11-15-12(2)6-5-9-17-15/h1,4-10H,11H2,2H3,(H,18,19). The number of nitrogens with zero attached hydrogens (tertiary/aromatic N) is 1. The van der Waals surface area contributed by atoms with E-state index in [1.54, 1.807) is 12.3 Å². The second-order valence-electron chi connectivity index (χ2n) is 4.22. The minimum atomic E-state index is -0.101. The topological polar surface area (TPSA) is 42.0 Å². The molecule has 1 aromatic carbocycles. The molecule has 0 saturated heterocycles. The zero-order chi connectivity index (χ0) is 13.7. The summed E-state index contributed by atoms with van der Waals surface area (Å²) < 4.78 is 0. The van der Waals surface area contributed by atoms with Crippen LogP contribution in [0.2, 0.25) is 0 Å². The molecule has 1 heterocycles. The molecule has 1 amide bonds. The Morgan fingerprint density at radius 2 is 2.21 bits per heavy atom. The van der Waals surface area contributed by atoms with Gasteiger partial charge in [-0.1, -0.05) is 18.1 Å². The second-order valence-corrected chi connectivity index (χ2v) is 4.22. The van der Waals surface area contributed by atoms with Crippen LogP contribution in [0.3, 0.4) is 0 Å². The Bertz CT molecular complexity index is 641. The lowest BCUT2D eigenvalue weighted by Crippen LogP contribution is -2.15. The van der Waals surface area contributed by atoms with Crippen molar-refractivity contribution in [2.24, 2.45) is 0 Å². The van der Waals surface area contributed by atoms with E-state index in [0.717, 1.165) is 16.8 Å². The highest BCUT2D eigenvalue weighted by molar-refractivity contribution is 5.92. The molecule has 3 nitrogen and oxygen atoms in total. The number of benzene rings is 1. The molecule has 1 N–H and O–H groups in total. The molecule has 0 unspecified atom stereocenters. The molecule has 1 aromatic heterocycles. The molecule has 94 valence electrons. The van der Waals surface area contributed by atoms with Crippen LogP contribution < -0.4 is 5.32 Å². The maximum atomic E-state index is 11.9. The Morgan fingerprint density at radius 1 is 1.37 bits per heavy atom. The fraction of sp³-hybridized carbons (Fsp3) is 0.125. The molecule has 2 rings (SSSR count). The average Bonchev–Trinajstić information content (AvgIpc) is 2.41. The van der Waals surface area contributed by atoms with E-state index in [1.165, 1.54) is 0 Å². The Labute approximate surface area is 112 Å². The van der Waals surface area contributed by atoms with Crippen molar-refractivity contribution in [1.82, 2.24) is 4.98 Å². The van der Waals surface area contributed by atoms with Crippen molar-refractivity contribution < 1.29 is 4.79 Å². The van der Waals surface area contributed by atoms with Gasteiger partial charge in [0.15, 0.2) is 0 Å². The first kappa shape index (κ1) is 12.8. The summed E-state index contributed by atoms with van der Waals surface area (Å²) >= 11 is 0. The van der Waals surface area contributed by atoms with Gasteiger partial charge in [-0.15, -0.1) is 6.42 Å². The van der Waals surface area contributed by atoms with Gasteiger partial charge in [0, 0.05) is 17.4 Å². The first-order chi connectivity index (χ1) is 9.19. The van der Waals surface area contributed by atoms with Crippen molar-refractivity contribution in [3.63, 3.8) is 0 Å². The molecule has 0 aliphatic heterocycles. The summed E-state index contributed by atoms with van der Waals surface area (Å²) in [6, 6.07) is 11.0. The van der Waals surface area contributed by atoms with Crippen molar-refractivity contribution >= 4 is 11.6 Å². The summed E-state index contributed by atoms with van der Waals surface area (Å²) in [4.78, 5) is 16.1. The SMILES string of the molecule is C#Cc1cccc(NC(=O)Cc2ncccc2C)c1. The number of anilines is 1. The van der Waals surface area contributed by atoms with Gasteiger partial charge in [0.05, 0.1) is 12.1 Å². The number of terminal acetylenes is 1. The third-order valence-electron chi connectivity index (χ3n) is 2.76. The van der Waals surface area contributed by atoms with Gasteiger partial charge in [0.25, 0.3) is 0 Å². The van der Waals surface area contributed by atoms with Crippen molar-refractivity contribution in [3.8, 4) is 12.3 Å². The molecule has 0 saturated carbocycles. The summed E-state index contributed by atoms with van der Waals surface area (Å²) in [5.74, 6) is 2.43. The number of pyridine rings is 1. The third-order valence-corrected chi connectivity index (χ3v) is 2.76. The molecule has 3 heteroatoms. The van der Waals surface area contributed by atoms with Crippen LogP contribution in [0.4, 0.5) is 5.69 Å². The van der Waals surface area contributed by atoms with E-state index in [1.807, 2.05) is 37.3 Å². The largest absolute Gasteiger partial charge is 0.326 e. The molecular formula is C16H14N2O. The fourth-order valence-electron chi connectivity index (χ4n) is 1.75. The number of aryl methyl sites for hydroxylation is 1. The van der Waals surface area contributed by atoms with Crippen LogP contribution in [0.5, 0.6) is 0 Å². The Morgan fingerprint density at radius 3 is 2.95 bits per heavy atom. The van der Waals surface area contributed by atoms with Gasteiger partial charge >= 0.3 is 0 Å². The highest BCUT2D eigenvalue weighted by Crippen LogP contribution is 2.11. The number of hydrogen-bond donors (Lipinski definition) is 1. The highest BCUT2D eigenvalue weighted by Gasteiger charge is 2.07. The van der Waals surface area contributed by atoms with Gasteiger partial charge in [-0.25, -0.2) is 0 Å². The highest BCUT2D eigenvalue weighted by atomic mass is 16.1. The van der Waals surface area contributed by atoms with Crippen molar-refractivity contribution in [2.45, 2.75) is 13.3 Å². The van der Waals surface area contributed by atoms with Gasteiger partial charge in [-0.3, -0.25) is 9.78 Å². The van der Waals surface area contributed by atoms with E-state index < -0.39 is 0 Å². The minimum Gasteiger partial charge on any atom is -0.326 e. The number of nitrogens with one attached hydrogen (secondary N) is 1. The Balaban J connectivity index is 2.06. The van der Waals surface area contributed by atoms with Crippen molar-refractivity contribution in [3.05, 3.63) is 59.4 Å². The Kier molecular flexibility index (Phi) is 3.94. The number of rotatable bonds is 3. The van der Waals surface area contributed by atoms with Crippen molar-refractivity contribution in [1.29, 1.82) is 0 Å². The van der Waals surface area contributed by atoms with E-state index in [9.17, 15) is 4.79 Å². The quantitative estimate of drug-likeness (QED) is 0.851. The first-order valence-corrected chi connectivity index (χ1v) is 5.96. The van der Waals surface area contributed by atoms with E-state index in [0.29, 0.717) is 5.69 Å². The molecule has 19 heavy (non-hydrogen) atoms. The second kappa shape index (κ2) is 5.83. The molecule has 0 spiro atoms. The molecule has 0 atom stereocenters. The molecule has 0 fully saturated rings. The summed E-state index contributed by atoms with van der Waals surface area (Å²) in [6.45, 7) is 1.94. The van der Waals surface area contributed by atoms with Crippen molar-refractivity contribution in [2.75, 3.05) is 5.32 Å². The molecule has 2 aromatic rings. The zero-order valence-corrected chi connectivity index (χ0v) is 10.7. The normalized spacial score (nSPS) is 9.68. The monoisotopic (exact) mass is 250 g/mol. The smallest absolute Gasteiger partial charge is 0.230 e. The number of aromatic nitrogens is 1. The van der Waals surface area contributed by atoms with E-state index in [-0.39, 0.29) is 12.3 Å². The predicted octanol–water partition coefficient (Wildman–Crippen LogP) is 2.55. The van der Waals surface area contributed by atoms with Crippen LogP contribution in [-0.4, -0.2) is 10.9 Å². The summed E-state index contributed by atoms with van der Waals surface area (Å²) in [7, 11) is 0. The number of amides is 1. The van der Waals surface area contributed by atoms with E-state index >= 15 is 0 Å². The zero-order valence-electron chi connectivity index (χ0n) is 10.7. The van der Waals surface area contributed by atoms with Crippen LogP contribution in [0.25, 0.3) is 0 Å². The Hall–Kier alpha value is -2.60.